The molecule has 104 valence electrons. The minimum absolute atomic E-state index is 0.173. The van der Waals surface area contributed by atoms with Gasteiger partial charge in [0, 0.05) is 17.1 Å². The second-order valence-electron chi connectivity index (χ2n) is 4.33. The lowest BCUT2D eigenvalue weighted by atomic mass is 10.1. The zero-order valence-electron chi connectivity index (χ0n) is 10.7. The fourth-order valence-corrected chi connectivity index (χ4v) is 2.46. The smallest absolute Gasteiger partial charge is 0.255 e. The molecule has 0 saturated heterocycles. The number of nitrogens with zero attached hydrogens (tertiary/aromatic N) is 2. The van der Waals surface area contributed by atoms with Gasteiger partial charge in [-0.2, -0.15) is 0 Å². The molecule has 1 amide bonds. The largest absolute Gasteiger partial charge is 0.321 e. The third kappa shape index (κ3) is 2.96. The number of carbonyl (C=O) groups is 1. The average molecular weight is 318 g/mol. The molecule has 0 atom stereocenters. The first kappa shape index (κ1) is 13.8. The first-order valence-corrected chi connectivity index (χ1v) is 6.87. The molecule has 0 bridgehead atoms. The van der Waals surface area contributed by atoms with E-state index >= 15 is 0 Å². The lowest BCUT2D eigenvalue weighted by Gasteiger charge is -2.08. The van der Waals surface area contributed by atoms with Crippen molar-refractivity contribution in [3.63, 3.8) is 0 Å². The Morgan fingerprint density at radius 3 is 2.57 bits per heavy atom. The SMILES string of the molecule is O=C(Nc1cccc2ncccc12)c1cc(Cl)nc(Cl)c1. The van der Waals surface area contributed by atoms with Gasteiger partial charge in [-0.25, -0.2) is 4.98 Å². The van der Waals surface area contributed by atoms with Gasteiger partial charge in [-0.3, -0.25) is 9.78 Å². The Morgan fingerprint density at radius 2 is 1.81 bits per heavy atom. The number of fused-ring (bicyclic) bond motifs is 1. The van der Waals surface area contributed by atoms with Crippen molar-refractivity contribution < 1.29 is 4.79 Å². The predicted octanol–water partition coefficient (Wildman–Crippen LogP) is 4.19. The van der Waals surface area contributed by atoms with Gasteiger partial charge in [0.1, 0.15) is 10.3 Å². The van der Waals surface area contributed by atoms with Crippen LogP contribution in [-0.2, 0) is 0 Å². The summed E-state index contributed by atoms with van der Waals surface area (Å²) in [6, 6.07) is 12.2. The Labute approximate surface area is 130 Å². The maximum absolute atomic E-state index is 12.3. The first-order valence-electron chi connectivity index (χ1n) is 6.12. The van der Waals surface area contributed by atoms with Crippen molar-refractivity contribution in [2.24, 2.45) is 0 Å². The molecule has 3 rings (SSSR count). The predicted molar refractivity (Wildman–Crippen MR) is 84.0 cm³/mol. The normalized spacial score (nSPS) is 10.6. The summed E-state index contributed by atoms with van der Waals surface area (Å²) in [5.41, 5.74) is 1.83. The molecule has 0 saturated carbocycles. The van der Waals surface area contributed by atoms with Crippen LogP contribution in [0.25, 0.3) is 10.9 Å². The molecular formula is C15H9Cl2N3O. The highest BCUT2D eigenvalue weighted by atomic mass is 35.5. The number of amides is 1. The number of carbonyl (C=O) groups excluding carboxylic acids is 1. The van der Waals surface area contributed by atoms with E-state index in [9.17, 15) is 4.79 Å². The van der Waals surface area contributed by atoms with E-state index in [1.807, 2.05) is 30.3 Å². The van der Waals surface area contributed by atoms with Gasteiger partial charge in [-0.1, -0.05) is 29.3 Å². The molecule has 2 aromatic heterocycles. The van der Waals surface area contributed by atoms with Crippen LogP contribution in [0.15, 0.2) is 48.7 Å². The van der Waals surface area contributed by atoms with E-state index in [2.05, 4.69) is 15.3 Å². The summed E-state index contributed by atoms with van der Waals surface area (Å²) >= 11 is 11.6. The maximum Gasteiger partial charge on any atom is 0.255 e. The van der Waals surface area contributed by atoms with Gasteiger partial charge in [-0.15, -0.1) is 0 Å². The highest BCUT2D eigenvalue weighted by molar-refractivity contribution is 6.33. The van der Waals surface area contributed by atoms with E-state index < -0.39 is 0 Å². The number of rotatable bonds is 2. The second kappa shape index (κ2) is 5.68. The molecule has 0 radical (unpaired) electrons. The minimum Gasteiger partial charge on any atom is -0.321 e. The molecular weight excluding hydrogens is 309 g/mol. The molecule has 21 heavy (non-hydrogen) atoms. The number of aromatic nitrogens is 2. The Hall–Kier alpha value is -2.17. The van der Waals surface area contributed by atoms with Gasteiger partial charge >= 0.3 is 0 Å². The third-order valence-corrected chi connectivity index (χ3v) is 3.31. The van der Waals surface area contributed by atoms with Gasteiger partial charge < -0.3 is 5.32 Å². The molecule has 0 spiro atoms. The molecule has 0 fully saturated rings. The number of halogens is 2. The lowest BCUT2D eigenvalue weighted by molar-refractivity contribution is 0.102. The average Bonchev–Trinajstić information content (AvgIpc) is 2.46. The van der Waals surface area contributed by atoms with Gasteiger partial charge in [-0.05, 0) is 36.4 Å². The summed E-state index contributed by atoms with van der Waals surface area (Å²) < 4.78 is 0. The van der Waals surface area contributed by atoms with E-state index in [4.69, 9.17) is 23.2 Å². The summed E-state index contributed by atoms with van der Waals surface area (Å²) in [5, 5.41) is 4.04. The van der Waals surface area contributed by atoms with Crippen molar-refractivity contribution in [3.8, 4) is 0 Å². The van der Waals surface area contributed by atoms with Gasteiger partial charge in [0.25, 0.3) is 5.91 Å². The standard InChI is InChI=1S/C15H9Cl2N3O/c16-13-7-9(8-14(17)20-13)15(21)19-12-5-1-4-11-10(12)3-2-6-18-11/h1-8H,(H,19,21). The number of hydrogen-bond acceptors (Lipinski definition) is 3. The van der Waals surface area contributed by atoms with Crippen LogP contribution < -0.4 is 5.32 Å². The van der Waals surface area contributed by atoms with Crippen molar-refractivity contribution in [1.29, 1.82) is 0 Å². The third-order valence-electron chi connectivity index (χ3n) is 2.92. The molecule has 1 N–H and O–H groups in total. The molecule has 4 nitrogen and oxygen atoms in total. The van der Waals surface area contributed by atoms with Crippen molar-refractivity contribution in [1.82, 2.24) is 9.97 Å². The van der Waals surface area contributed by atoms with E-state index in [1.165, 1.54) is 12.1 Å². The fraction of sp³-hybridized carbons (Fsp3) is 0. The van der Waals surface area contributed by atoms with Crippen LogP contribution in [0.4, 0.5) is 5.69 Å². The molecule has 0 aliphatic carbocycles. The molecule has 6 heteroatoms. The molecule has 0 aliphatic heterocycles. The van der Waals surface area contributed by atoms with Crippen LogP contribution in [0.1, 0.15) is 10.4 Å². The molecule has 3 aromatic rings. The minimum atomic E-state index is -0.308. The Balaban J connectivity index is 1.96. The van der Waals surface area contributed by atoms with Gasteiger partial charge in [0.05, 0.1) is 11.2 Å². The van der Waals surface area contributed by atoms with Crippen molar-refractivity contribution in [3.05, 3.63) is 64.5 Å². The van der Waals surface area contributed by atoms with Crippen LogP contribution in [0.5, 0.6) is 0 Å². The van der Waals surface area contributed by atoms with E-state index in [1.54, 1.807) is 6.20 Å². The van der Waals surface area contributed by atoms with Gasteiger partial charge in [0.15, 0.2) is 0 Å². The molecule has 1 aromatic carbocycles. The Kier molecular flexibility index (Phi) is 3.73. The number of nitrogens with one attached hydrogen (secondary N) is 1. The highest BCUT2D eigenvalue weighted by Crippen LogP contribution is 2.22. The lowest BCUT2D eigenvalue weighted by Crippen LogP contribution is -2.12. The molecule has 2 heterocycles. The summed E-state index contributed by atoms with van der Waals surface area (Å²) in [7, 11) is 0. The summed E-state index contributed by atoms with van der Waals surface area (Å²) in [5.74, 6) is -0.308. The van der Waals surface area contributed by atoms with Crippen molar-refractivity contribution in [2.45, 2.75) is 0 Å². The second-order valence-corrected chi connectivity index (χ2v) is 5.11. The zero-order chi connectivity index (χ0) is 14.8. The Morgan fingerprint density at radius 1 is 1.05 bits per heavy atom. The topological polar surface area (TPSA) is 54.9 Å². The van der Waals surface area contributed by atoms with Gasteiger partial charge in [0.2, 0.25) is 0 Å². The summed E-state index contributed by atoms with van der Waals surface area (Å²) in [4.78, 5) is 20.3. The number of anilines is 1. The first-order chi connectivity index (χ1) is 10.1. The maximum atomic E-state index is 12.3. The van der Waals surface area contributed by atoms with Crippen molar-refractivity contribution in [2.75, 3.05) is 5.32 Å². The Bertz CT molecular complexity index is 811. The van der Waals surface area contributed by atoms with E-state index in [0.717, 1.165) is 10.9 Å². The highest BCUT2D eigenvalue weighted by Gasteiger charge is 2.10. The zero-order valence-corrected chi connectivity index (χ0v) is 12.2. The number of pyridine rings is 2. The molecule has 0 aliphatic rings. The van der Waals surface area contributed by atoms with Crippen LogP contribution in [-0.4, -0.2) is 15.9 Å². The van der Waals surface area contributed by atoms with E-state index in [0.29, 0.717) is 11.3 Å². The fourth-order valence-electron chi connectivity index (χ4n) is 2.00. The van der Waals surface area contributed by atoms with E-state index in [-0.39, 0.29) is 16.2 Å². The van der Waals surface area contributed by atoms with Crippen LogP contribution >= 0.6 is 23.2 Å². The summed E-state index contributed by atoms with van der Waals surface area (Å²) in [6.07, 6.45) is 1.70. The molecule has 0 unspecified atom stereocenters. The van der Waals surface area contributed by atoms with Crippen LogP contribution in [0.3, 0.4) is 0 Å². The quantitative estimate of drug-likeness (QED) is 0.721. The van der Waals surface area contributed by atoms with Crippen molar-refractivity contribution >= 4 is 45.7 Å². The monoisotopic (exact) mass is 317 g/mol. The number of benzene rings is 1. The van der Waals surface area contributed by atoms with Crippen LogP contribution in [0, 0.1) is 0 Å². The number of hydrogen-bond donors (Lipinski definition) is 1. The summed E-state index contributed by atoms with van der Waals surface area (Å²) in [6.45, 7) is 0. The van der Waals surface area contributed by atoms with Crippen LogP contribution in [0.2, 0.25) is 10.3 Å².